The number of aromatic nitrogens is 8. The Hall–Kier alpha value is -4.28. The number of fused-ring (bicyclic) bond motifs is 2. The Bertz CT molecular complexity index is 1460. The van der Waals surface area contributed by atoms with Crippen molar-refractivity contribution in [1.82, 2.24) is 44.5 Å². The summed E-state index contributed by atoms with van der Waals surface area (Å²) in [6.45, 7) is 2.50. The SMILES string of the molecule is Cc1cccn2nc(C3c4nc[nH]c4CCN3C(=O)c3nnc(-c4ccn(C)n4)o3)cc12. The Morgan fingerprint density at radius 1 is 1.22 bits per heavy atom. The summed E-state index contributed by atoms with van der Waals surface area (Å²) >= 11 is 0. The second-order valence-corrected chi connectivity index (χ2v) is 7.79. The number of imidazole rings is 1. The zero-order chi connectivity index (χ0) is 21.8. The van der Waals surface area contributed by atoms with Crippen molar-refractivity contribution in [2.45, 2.75) is 19.4 Å². The number of nitrogens with one attached hydrogen (secondary N) is 1. The van der Waals surface area contributed by atoms with Crippen molar-refractivity contribution in [3.05, 3.63) is 71.5 Å². The van der Waals surface area contributed by atoms with Crippen LogP contribution in [-0.4, -0.2) is 56.9 Å². The number of carbonyl (C=O) groups excluding carboxylic acids is 1. The molecule has 5 aromatic rings. The van der Waals surface area contributed by atoms with Crippen LogP contribution in [0.5, 0.6) is 0 Å². The maximum absolute atomic E-state index is 13.5. The Morgan fingerprint density at radius 3 is 2.94 bits per heavy atom. The topological polar surface area (TPSA) is 123 Å². The average Bonchev–Trinajstić information content (AvgIpc) is 3.57. The first-order valence-electron chi connectivity index (χ1n) is 10.2. The van der Waals surface area contributed by atoms with Gasteiger partial charge in [-0.2, -0.15) is 10.2 Å². The molecule has 1 N–H and O–H groups in total. The number of carbonyl (C=O) groups is 1. The summed E-state index contributed by atoms with van der Waals surface area (Å²) in [5, 5.41) is 17.0. The van der Waals surface area contributed by atoms with Gasteiger partial charge in [-0.1, -0.05) is 6.07 Å². The highest BCUT2D eigenvalue weighted by molar-refractivity contribution is 5.90. The number of aromatic amines is 1. The van der Waals surface area contributed by atoms with E-state index in [4.69, 9.17) is 9.52 Å². The monoisotopic (exact) mass is 429 g/mol. The molecule has 0 bridgehead atoms. The Morgan fingerprint density at radius 2 is 2.12 bits per heavy atom. The third-order valence-corrected chi connectivity index (χ3v) is 5.74. The van der Waals surface area contributed by atoms with E-state index in [1.54, 1.807) is 35.2 Å². The van der Waals surface area contributed by atoms with Crippen LogP contribution in [-0.2, 0) is 13.5 Å². The summed E-state index contributed by atoms with van der Waals surface area (Å²) in [5.74, 6) is -0.256. The van der Waals surface area contributed by atoms with Crippen molar-refractivity contribution in [1.29, 1.82) is 0 Å². The number of nitrogens with zero attached hydrogens (tertiary/aromatic N) is 8. The van der Waals surface area contributed by atoms with Gasteiger partial charge in [0.2, 0.25) is 0 Å². The molecular weight excluding hydrogens is 410 g/mol. The molecule has 1 amide bonds. The molecular formula is C21H19N9O2. The Kier molecular flexibility index (Phi) is 3.97. The van der Waals surface area contributed by atoms with Crippen molar-refractivity contribution in [2.75, 3.05) is 6.54 Å². The number of hydrogen-bond acceptors (Lipinski definition) is 7. The molecule has 0 aliphatic carbocycles. The van der Waals surface area contributed by atoms with Crippen LogP contribution < -0.4 is 0 Å². The molecule has 160 valence electrons. The van der Waals surface area contributed by atoms with Gasteiger partial charge in [-0.25, -0.2) is 9.50 Å². The number of rotatable bonds is 3. The van der Waals surface area contributed by atoms with Gasteiger partial charge in [0.25, 0.3) is 5.89 Å². The van der Waals surface area contributed by atoms with Crippen LogP contribution in [0.1, 0.15) is 39.4 Å². The van der Waals surface area contributed by atoms with E-state index in [0.29, 0.717) is 18.7 Å². The van der Waals surface area contributed by atoms with Crippen molar-refractivity contribution < 1.29 is 9.21 Å². The van der Waals surface area contributed by atoms with Crippen molar-refractivity contribution in [3.8, 4) is 11.6 Å². The van der Waals surface area contributed by atoms with Crippen molar-refractivity contribution >= 4 is 11.4 Å². The second kappa shape index (κ2) is 6.87. The van der Waals surface area contributed by atoms with E-state index in [9.17, 15) is 4.79 Å². The van der Waals surface area contributed by atoms with Gasteiger partial charge in [-0.05, 0) is 30.7 Å². The molecule has 0 spiro atoms. The molecule has 11 heteroatoms. The van der Waals surface area contributed by atoms with Crippen molar-refractivity contribution in [3.63, 3.8) is 0 Å². The molecule has 0 aromatic carbocycles. The minimum atomic E-state index is -0.470. The van der Waals surface area contributed by atoms with Crippen molar-refractivity contribution in [2.24, 2.45) is 7.05 Å². The van der Waals surface area contributed by atoms with Crippen LogP contribution in [0.3, 0.4) is 0 Å². The number of amides is 1. The highest BCUT2D eigenvalue weighted by Gasteiger charge is 2.38. The molecule has 32 heavy (non-hydrogen) atoms. The molecule has 11 nitrogen and oxygen atoms in total. The lowest BCUT2D eigenvalue weighted by molar-refractivity contribution is 0.0646. The van der Waals surface area contributed by atoms with Gasteiger partial charge >= 0.3 is 11.8 Å². The maximum Gasteiger partial charge on any atom is 0.312 e. The minimum absolute atomic E-state index is 0.0883. The average molecular weight is 429 g/mol. The van der Waals surface area contributed by atoms with E-state index < -0.39 is 6.04 Å². The van der Waals surface area contributed by atoms with Gasteiger partial charge in [0.15, 0.2) is 0 Å². The Balaban J connectivity index is 1.41. The predicted octanol–water partition coefficient (Wildman–Crippen LogP) is 1.94. The maximum atomic E-state index is 13.5. The van der Waals surface area contributed by atoms with E-state index in [-0.39, 0.29) is 17.7 Å². The van der Waals surface area contributed by atoms with Crippen LogP contribution in [0, 0.1) is 6.92 Å². The molecule has 0 saturated heterocycles. The second-order valence-electron chi connectivity index (χ2n) is 7.79. The third-order valence-electron chi connectivity index (χ3n) is 5.74. The Labute approximate surface area is 181 Å². The van der Waals surface area contributed by atoms with E-state index in [0.717, 1.165) is 28.2 Å². The summed E-state index contributed by atoms with van der Waals surface area (Å²) in [4.78, 5) is 22.9. The summed E-state index contributed by atoms with van der Waals surface area (Å²) in [6.07, 6.45) is 5.96. The lowest BCUT2D eigenvalue weighted by Gasteiger charge is -2.32. The van der Waals surface area contributed by atoms with Crippen LogP contribution in [0.2, 0.25) is 0 Å². The fourth-order valence-electron chi connectivity index (χ4n) is 4.17. The highest BCUT2D eigenvalue weighted by Crippen LogP contribution is 2.34. The molecule has 6 heterocycles. The molecule has 0 saturated carbocycles. The molecule has 0 radical (unpaired) electrons. The summed E-state index contributed by atoms with van der Waals surface area (Å²) in [7, 11) is 1.79. The third kappa shape index (κ3) is 2.82. The quantitative estimate of drug-likeness (QED) is 0.465. The molecule has 5 aromatic heterocycles. The lowest BCUT2D eigenvalue weighted by atomic mass is 9.99. The molecule has 0 fully saturated rings. The summed E-state index contributed by atoms with van der Waals surface area (Å²) in [5.41, 5.74) is 5.08. The summed E-state index contributed by atoms with van der Waals surface area (Å²) < 4.78 is 9.14. The van der Waals surface area contributed by atoms with E-state index >= 15 is 0 Å². The van der Waals surface area contributed by atoms with Crippen LogP contribution in [0.15, 0.2) is 47.4 Å². The van der Waals surface area contributed by atoms with Gasteiger partial charge < -0.3 is 14.3 Å². The molecule has 1 aliphatic rings. The normalized spacial score (nSPS) is 15.9. The van der Waals surface area contributed by atoms with E-state index in [2.05, 4.69) is 25.3 Å². The van der Waals surface area contributed by atoms with Gasteiger partial charge in [-0.3, -0.25) is 9.48 Å². The zero-order valence-corrected chi connectivity index (χ0v) is 17.4. The molecule has 6 rings (SSSR count). The smallest absolute Gasteiger partial charge is 0.312 e. The number of hydrogen-bond donors (Lipinski definition) is 1. The zero-order valence-electron chi connectivity index (χ0n) is 17.4. The van der Waals surface area contributed by atoms with Gasteiger partial charge in [-0.15, -0.1) is 10.2 Å². The summed E-state index contributed by atoms with van der Waals surface area (Å²) in [6, 6.07) is 7.25. The lowest BCUT2D eigenvalue weighted by Crippen LogP contribution is -2.41. The van der Waals surface area contributed by atoms with Crippen LogP contribution in [0.25, 0.3) is 17.1 Å². The number of aryl methyl sites for hydroxylation is 2. The van der Waals surface area contributed by atoms with Gasteiger partial charge in [0.05, 0.1) is 23.2 Å². The molecule has 1 unspecified atom stereocenters. The first kappa shape index (κ1) is 18.5. The number of H-pyrrole nitrogens is 1. The largest absolute Gasteiger partial charge is 0.411 e. The standard InChI is InChI=1S/C21H19N9O2/c1-12-4-3-7-30-16(12)10-15(27-30)18-17-13(22-11-23-17)6-9-29(18)21(31)20-25-24-19(32-20)14-5-8-28(2)26-14/h3-5,7-8,10-11,18H,6,9H2,1-2H3,(H,22,23). The fourth-order valence-corrected chi connectivity index (χ4v) is 4.17. The van der Waals surface area contributed by atoms with Crippen LogP contribution in [0.4, 0.5) is 0 Å². The first-order valence-corrected chi connectivity index (χ1v) is 10.2. The number of pyridine rings is 1. The predicted molar refractivity (Wildman–Crippen MR) is 112 cm³/mol. The van der Waals surface area contributed by atoms with Gasteiger partial charge in [0, 0.05) is 38.1 Å². The van der Waals surface area contributed by atoms with E-state index in [1.807, 2.05) is 35.8 Å². The highest BCUT2D eigenvalue weighted by atomic mass is 16.4. The van der Waals surface area contributed by atoms with Crippen LogP contribution >= 0.6 is 0 Å². The van der Waals surface area contributed by atoms with Gasteiger partial charge in [0.1, 0.15) is 11.7 Å². The molecule has 1 atom stereocenters. The fraction of sp³-hybridized carbons (Fsp3) is 0.238. The molecule has 1 aliphatic heterocycles. The minimum Gasteiger partial charge on any atom is -0.411 e. The van der Waals surface area contributed by atoms with E-state index in [1.165, 1.54) is 0 Å². The first-order chi connectivity index (χ1) is 15.6.